The third kappa shape index (κ3) is 3.23. The Hall–Kier alpha value is -1.62. The average molecular weight is 263 g/mol. The van der Waals surface area contributed by atoms with E-state index in [9.17, 15) is 4.79 Å². The number of ether oxygens (including phenoxy) is 1. The van der Waals surface area contributed by atoms with Crippen molar-refractivity contribution in [1.29, 1.82) is 0 Å². The van der Waals surface area contributed by atoms with Crippen LogP contribution in [0.1, 0.15) is 47.4 Å². The summed E-state index contributed by atoms with van der Waals surface area (Å²) in [4.78, 5) is 15.8. The molecular weight excluding hydrogens is 242 g/mol. The van der Waals surface area contributed by atoms with Crippen molar-refractivity contribution in [3.8, 4) is 5.75 Å². The molecule has 0 saturated heterocycles. The van der Waals surface area contributed by atoms with Gasteiger partial charge in [0, 0.05) is 17.8 Å². The zero-order valence-electron chi connectivity index (χ0n) is 11.5. The summed E-state index contributed by atoms with van der Waals surface area (Å²) >= 11 is 0. The molecule has 1 aromatic rings. The molecule has 1 amide bonds. The highest BCUT2D eigenvalue weighted by molar-refractivity contribution is 5.96. The molecule has 2 unspecified atom stereocenters. The average Bonchev–Trinajstić information content (AvgIpc) is 2.26. The highest BCUT2D eigenvalue weighted by Gasteiger charge is 2.23. The first-order valence-electron chi connectivity index (χ1n) is 6.67. The van der Waals surface area contributed by atoms with E-state index in [0.717, 1.165) is 31.4 Å². The van der Waals surface area contributed by atoms with Crippen LogP contribution in [0.25, 0.3) is 0 Å². The second-order valence-corrected chi connectivity index (χ2v) is 5.25. The Morgan fingerprint density at radius 1 is 1.42 bits per heavy atom. The molecule has 1 fully saturated rings. The number of primary amides is 1. The first-order valence-corrected chi connectivity index (χ1v) is 6.67. The van der Waals surface area contributed by atoms with Gasteiger partial charge in [0.15, 0.2) is 0 Å². The van der Waals surface area contributed by atoms with Gasteiger partial charge in [-0.2, -0.15) is 0 Å². The molecule has 0 aliphatic heterocycles. The predicted octanol–water partition coefficient (Wildman–Crippen LogP) is 1.45. The number of aromatic nitrogens is 1. The first kappa shape index (κ1) is 13.8. The summed E-state index contributed by atoms with van der Waals surface area (Å²) in [5.41, 5.74) is 13.2. The van der Waals surface area contributed by atoms with Crippen LogP contribution >= 0.6 is 0 Å². The topological polar surface area (TPSA) is 91.2 Å². The minimum absolute atomic E-state index is 0.0584. The second-order valence-electron chi connectivity index (χ2n) is 5.25. The van der Waals surface area contributed by atoms with Gasteiger partial charge in [-0.3, -0.25) is 9.78 Å². The third-order valence-electron chi connectivity index (χ3n) is 3.50. The lowest BCUT2D eigenvalue weighted by molar-refractivity contribution is 0.0985. The normalized spacial score (nSPS) is 23.1. The van der Waals surface area contributed by atoms with E-state index in [1.165, 1.54) is 0 Å². The van der Waals surface area contributed by atoms with Crippen molar-refractivity contribution >= 4 is 5.91 Å². The van der Waals surface area contributed by atoms with Crippen molar-refractivity contribution < 1.29 is 9.53 Å². The lowest BCUT2D eigenvalue weighted by Gasteiger charge is -2.28. The zero-order valence-corrected chi connectivity index (χ0v) is 11.5. The standard InChI is InChI=1S/C14H21N3O2/c1-8-6-12(13(14(16)18)9(2)17-8)19-11-5-3-4-10(15)7-11/h6,10-11H,3-5,7,15H2,1-2H3,(H2,16,18). The number of carbonyl (C=O) groups is 1. The maximum absolute atomic E-state index is 11.5. The fraction of sp³-hybridized carbons (Fsp3) is 0.571. The van der Waals surface area contributed by atoms with Gasteiger partial charge in [0.05, 0.1) is 5.69 Å². The lowest BCUT2D eigenvalue weighted by atomic mass is 9.93. The molecule has 1 saturated carbocycles. The van der Waals surface area contributed by atoms with Crippen LogP contribution in [0.15, 0.2) is 6.07 Å². The zero-order chi connectivity index (χ0) is 14.0. The fourth-order valence-electron chi connectivity index (χ4n) is 2.65. The molecule has 5 heteroatoms. The smallest absolute Gasteiger partial charge is 0.254 e. The summed E-state index contributed by atoms with van der Waals surface area (Å²) in [6, 6.07) is 1.95. The first-order chi connectivity index (χ1) is 8.97. The number of aryl methyl sites for hydroxylation is 2. The van der Waals surface area contributed by atoms with Gasteiger partial charge in [0.2, 0.25) is 0 Å². The fourth-order valence-corrected chi connectivity index (χ4v) is 2.65. The summed E-state index contributed by atoms with van der Waals surface area (Å²) in [7, 11) is 0. The molecule has 2 atom stereocenters. The van der Waals surface area contributed by atoms with Gasteiger partial charge in [-0.25, -0.2) is 0 Å². The molecular formula is C14H21N3O2. The van der Waals surface area contributed by atoms with E-state index in [0.29, 0.717) is 17.0 Å². The molecule has 1 aliphatic carbocycles. The summed E-state index contributed by atoms with van der Waals surface area (Å²) in [5, 5.41) is 0. The van der Waals surface area contributed by atoms with E-state index in [2.05, 4.69) is 4.98 Å². The monoisotopic (exact) mass is 263 g/mol. The van der Waals surface area contributed by atoms with E-state index in [4.69, 9.17) is 16.2 Å². The molecule has 0 bridgehead atoms. The number of amides is 1. The van der Waals surface area contributed by atoms with E-state index in [-0.39, 0.29) is 12.1 Å². The maximum Gasteiger partial charge on any atom is 0.254 e. The molecule has 1 aromatic heterocycles. The van der Waals surface area contributed by atoms with Crippen molar-refractivity contribution in [1.82, 2.24) is 4.98 Å². The van der Waals surface area contributed by atoms with E-state index in [1.54, 1.807) is 13.0 Å². The van der Waals surface area contributed by atoms with Crippen LogP contribution < -0.4 is 16.2 Å². The molecule has 4 N–H and O–H groups in total. The van der Waals surface area contributed by atoms with Crippen molar-refractivity contribution in [3.05, 3.63) is 23.0 Å². The predicted molar refractivity (Wildman–Crippen MR) is 73.1 cm³/mol. The molecule has 5 nitrogen and oxygen atoms in total. The molecule has 1 aliphatic rings. The van der Waals surface area contributed by atoms with Crippen LogP contribution in [-0.2, 0) is 0 Å². The molecule has 0 radical (unpaired) electrons. The van der Waals surface area contributed by atoms with Gasteiger partial charge in [-0.15, -0.1) is 0 Å². The number of hydrogen-bond acceptors (Lipinski definition) is 4. The number of rotatable bonds is 3. The van der Waals surface area contributed by atoms with Crippen LogP contribution in [-0.4, -0.2) is 23.0 Å². The Labute approximate surface area is 113 Å². The Kier molecular flexibility index (Phi) is 4.04. The lowest BCUT2D eigenvalue weighted by Crippen LogP contribution is -2.34. The van der Waals surface area contributed by atoms with E-state index < -0.39 is 5.91 Å². The minimum Gasteiger partial charge on any atom is -0.489 e. The number of carbonyl (C=O) groups excluding carboxylic acids is 1. The summed E-state index contributed by atoms with van der Waals surface area (Å²) < 4.78 is 5.96. The Balaban J connectivity index is 2.25. The van der Waals surface area contributed by atoms with Gasteiger partial charge < -0.3 is 16.2 Å². The highest BCUT2D eigenvalue weighted by Crippen LogP contribution is 2.27. The summed E-state index contributed by atoms with van der Waals surface area (Å²) in [6.45, 7) is 3.64. The largest absolute Gasteiger partial charge is 0.489 e. The van der Waals surface area contributed by atoms with Gasteiger partial charge in [0.1, 0.15) is 17.4 Å². The van der Waals surface area contributed by atoms with Crippen LogP contribution in [0, 0.1) is 13.8 Å². The third-order valence-corrected chi connectivity index (χ3v) is 3.50. The number of nitrogens with zero attached hydrogens (tertiary/aromatic N) is 1. The van der Waals surface area contributed by atoms with Crippen molar-refractivity contribution in [2.75, 3.05) is 0 Å². The van der Waals surface area contributed by atoms with E-state index >= 15 is 0 Å². The van der Waals surface area contributed by atoms with Crippen molar-refractivity contribution in [2.24, 2.45) is 11.5 Å². The van der Waals surface area contributed by atoms with Gasteiger partial charge in [-0.05, 0) is 39.5 Å². The van der Waals surface area contributed by atoms with Crippen molar-refractivity contribution in [2.45, 2.75) is 51.7 Å². The molecule has 104 valence electrons. The number of hydrogen-bond donors (Lipinski definition) is 2. The van der Waals surface area contributed by atoms with Gasteiger partial charge in [0.25, 0.3) is 5.91 Å². The minimum atomic E-state index is -0.500. The quantitative estimate of drug-likeness (QED) is 0.863. The Morgan fingerprint density at radius 3 is 2.79 bits per heavy atom. The molecule has 0 aromatic carbocycles. The Bertz CT molecular complexity index is 488. The van der Waals surface area contributed by atoms with Gasteiger partial charge in [-0.1, -0.05) is 0 Å². The van der Waals surface area contributed by atoms with Crippen LogP contribution in [0.4, 0.5) is 0 Å². The van der Waals surface area contributed by atoms with E-state index in [1.807, 2.05) is 6.92 Å². The molecule has 0 spiro atoms. The SMILES string of the molecule is Cc1cc(OC2CCCC(N)C2)c(C(N)=O)c(C)n1. The van der Waals surface area contributed by atoms with Crippen LogP contribution in [0.5, 0.6) is 5.75 Å². The molecule has 2 rings (SSSR count). The van der Waals surface area contributed by atoms with Crippen LogP contribution in [0.2, 0.25) is 0 Å². The molecule has 1 heterocycles. The summed E-state index contributed by atoms with van der Waals surface area (Å²) in [6.07, 6.45) is 3.94. The van der Waals surface area contributed by atoms with Crippen molar-refractivity contribution in [3.63, 3.8) is 0 Å². The van der Waals surface area contributed by atoms with Crippen LogP contribution in [0.3, 0.4) is 0 Å². The number of pyridine rings is 1. The second kappa shape index (κ2) is 5.57. The molecule has 19 heavy (non-hydrogen) atoms. The summed E-state index contributed by atoms with van der Waals surface area (Å²) in [5.74, 6) is 0.0386. The van der Waals surface area contributed by atoms with Gasteiger partial charge >= 0.3 is 0 Å². The maximum atomic E-state index is 11.5. The number of nitrogens with two attached hydrogens (primary N) is 2. The highest BCUT2D eigenvalue weighted by atomic mass is 16.5. The Morgan fingerprint density at radius 2 is 2.16 bits per heavy atom.